The minimum absolute atomic E-state index is 0.0158. The molecular formula is C19H18N4O2S. The second-order valence-corrected chi connectivity index (χ2v) is 6.70. The van der Waals surface area contributed by atoms with Gasteiger partial charge in [0.25, 0.3) is 0 Å². The Bertz CT molecular complexity index is 1440. The summed E-state index contributed by atoms with van der Waals surface area (Å²) in [5.74, 6) is -0.773. The van der Waals surface area contributed by atoms with Gasteiger partial charge in [0.1, 0.15) is 5.75 Å². The van der Waals surface area contributed by atoms with Crippen LogP contribution in [0.2, 0.25) is 1.41 Å². The molecule has 0 spiro atoms. The van der Waals surface area contributed by atoms with Gasteiger partial charge in [-0.1, -0.05) is 0 Å². The van der Waals surface area contributed by atoms with Gasteiger partial charge >= 0.3 is 5.16 Å². The number of fused-ring (bicyclic) bond motifs is 1. The van der Waals surface area contributed by atoms with Crippen LogP contribution in [0.25, 0.3) is 16.7 Å². The third kappa shape index (κ3) is 3.07. The Kier molecular flexibility index (Phi) is 2.44. The molecule has 0 bridgehead atoms. The zero-order chi connectivity index (χ0) is 25.8. The molecule has 1 unspecified atom stereocenters. The van der Waals surface area contributed by atoms with E-state index in [1.165, 1.54) is 11.5 Å². The summed E-state index contributed by atoms with van der Waals surface area (Å²) in [7, 11) is -2.87. The number of methoxy groups -OCH3 is 1. The fourth-order valence-electron chi connectivity index (χ4n) is 2.36. The Morgan fingerprint density at radius 1 is 1.38 bits per heavy atom. The molecule has 1 atom stereocenters. The summed E-state index contributed by atoms with van der Waals surface area (Å²) >= 11 is -2.08. The predicted octanol–water partition coefficient (Wildman–Crippen LogP) is 3.37. The first-order valence-electron chi connectivity index (χ1n) is 12.0. The number of hydrogen-bond donors (Lipinski definition) is 1. The Hall–Kier alpha value is -2.77. The van der Waals surface area contributed by atoms with E-state index in [0.29, 0.717) is 4.98 Å². The maximum absolute atomic E-state index is 13.2. The standard InChI is InChI=1S/C19H18N4O2S/c1-13-17(20-8-7-18(13)25-2)12-26(24)19-21-15-6-5-14(11-16(15)22-19)23-9-3-4-10-23/h3-11H,12H2,1-2H3,(H,21,22)/i2D3,5D,6D,7D,8D,11D/hD. The molecule has 3 heterocycles. The second-order valence-electron chi connectivity index (χ2n) is 5.36. The summed E-state index contributed by atoms with van der Waals surface area (Å²) in [5, 5.41) is -0.313. The van der Waals surface area contributed by atoms with E-state index in [4.69, 9.17) is 17.1 Å². The molecule has 0 aliphatic heterocycles. The normalized spacial score (nSPS) is 17.8. The van der Waals surface area contributed by atoms with Crippen molar-refractivity contribution >= 4 is 22.2 Å². The van der Waals surface area contributed by atoms with Gasteiger partial charge in [0.15, 0.2) is 7.16 Å². The van der Waals surface area contributed by atoms with E-state index in [0.717, 1.165) is 0 Å². The number of aromatic nitrogens is 4. The van der Waals surface area contributed by atoms with Crippen molar-refractivity contribution in [2.75, 3.05) is 7.04 Å². The SMILES string of the molecule is [2H]c1nc(C[S+]([O-])c2nc3c([2H])c(-n4cccc4)c([2H])c([2H])c3n2[2H])c(C)c(OC([2H])([2H])[2H])c1[2H]. The molecule has 0 radical (unpaired) electrons. The summed E-state index contributed by atoms with van der Waals surface area (Å²) in [6, 6.07) is 1.99. The van der Waals surface area contributed by atoms with Gasteiger partial charge in [0, 0.05) is 41.0 Å². The van der Waals surface area contributed by atoms with Crippen LogP contribution in [-0.4, -0.2) is 31.1 Å². The molecule has 7 heteroatoms. The van der Waals surface area contributed by atoms with Crippen molar-refractivity contribution in [1.82, 2.24) is 19.5 Å². The number of aromatic amines is 1. The monoisotopic (exact) mass is 375 g/mol. The van der Waals surface area contributed by atoms with Crippen molar-refractivity contribution in [2.24, 2.45) is 0 Å². The molecule has 1 N–H and O–H groups in total. The number of nitrogens with zero attached hydrogens (tertiary/aromatic N) is 3. The van der Waals surface area contributed by atoms with E-state index in [1.807, 2.05) is 0 Å². The van der Waals surface area contributed by atoms with Crippen molar-refractivity contribution < 1.29 is 21.7 Å². The highest BCUT2D eigenvalue weighted by Gasteiger charge is 2.20. The maximum Gasteiger partial charge on any atom is 0.322 e. The molecule has 0 aliphatic rings. The number of benzene rings is 1. The van der Waals surface area contributed by atoms with Crippen molar-refractivity contribution in [2.45, 2.75) is 17.8 Å². The summed E-state index contributed by atoms with van der Waals surface area (Å²) in [4.78, 5) is 8.73. The van der Waals surface area contributed by atoms with Gasteiger partial charge in [0.05, 0.1) is 34.7 Å². The van der Waals surface area contributed by atoms with E-state index in [1.54, 1.807) is 24.5 Å². The number of nitrogens with one attached hydrogen (secondary N) is 1. The van der Waals surface area contributed by atoms with Crippen molar-refractivity contribution in [3.8, 4) is 11.4 Å². The fourth-order valence-corrected chi connectivity index (χ4v) is 3.40. The number of hydrogen-bond acceptors (Lipinski definition) is 4. The quantitative estimate of drug-likeness (QED) is 0.543. The first-order chi connectivity index (χ1) is 16.3. The van der Waals surface area contributed by atoms with Crippen molar-refractivity contribution in [1.29, 1.82) is 0 Å². The number of rotatable bonds is 5. The van der Waals surface area contributed by atoms with Crippen LogP contribution in [0, 0.1) is 6.92 Å². The van der Waals surface area contributed by atoms with Crippen LogP contribution in [0.3, 0.4) is 0 Å². The van der Waals surface area contributed by atoms with Crippen LogP contribution in [-0.2, 0) is 16.9 Å². The molecule has 0 aliphatic carbocycles. The molecule has 132 valence electrons. The zero-order valence-electron chi connectivity index (χ0n) is 22.5. The van der Waals surface area contributed by atoms with E-state index in [-0.39, 0.29) is 57.0 Å². The third-order valence-electron chi connectivity index (χ3n) is 3.75. The van der Waals surface area contributed by atoms with Gasteiger partial charge in [-0.3, -0.25) is 9.96 Å². The summed E-state index contributed by atoms with van der Waals surface area (Å²) in [6.07, 6.45) is 2.64. The van der Waals surface area contributed by atoms with Gasteiger partial charge in [-0.15, -0.1) is 0 Å². The summed E-state index contributed by atoms with van der Waals surface area (Å²) in [6.45, 7) is 1.42. The molecule has 4 rings (SSSR count). The highest BCUT2D eigenvalue weighted by atomic mass is 32.2. The predicted molar refractivity (Wildman–Crippen MR) is 101 cm³/mol. The van der Waals surface area contributed by atoms with Gasteiger partial charge in [-0.05, 0) is 43.2 Å². The van der Waals surface area contributed by atoms with Crippen molar-refractivity contribution in [3.05, 3.63) is 66.1 Å². The highest BCUT2D eigenvalue weighted by molar-refractivity contribution is 7.90. The molecule has 0 saturated carbocycles. The molecule has 26 heavy (non-hydrogen) atoms. The van der Waals surface area contributed by atoms with Gasteiger partial charge in [0.2, 0.25) is 0 Å². The second kappa shape index (κ2) is 6.86. The molecule has 6 nitrogen and oxygen atoms in total. The lowest BCUT2D eigenvalue weighted by Gasteiger charge is -2.10. The van der Waals surface area contributed by atoms with E-state index in [9.17, 15) is 4.55 Å². The average molecular weight is 376 g/mol. The van der Waals surface area contributed by atoms with Gasteiger partial charge in [-0.2, -0.15) is 4.98 Å². The van der Waals surface area contributed by atoms with Crippen LogP contribution in [0.5, 0.6) is 5.75 Å². The molecule has 0 saturated heterocycles. The first kappa shape index (κ1) is 9.25. The lowest BCUT2D eigenvalue weighted by atomic mass is 10.2. The largest absolute Gasteiger partial charge is 0.609 e. The van der Waals surface area contributed by atoms with Crippen LogP contribution in [0.15, 0.2) is 60.0 Å². The Morgan fingerprint density at radius 2 is 2.23 bits per heavy atom. The fraction of sp³-hybridized carbons (Fsp3) is 0.158. The first-order valence-corrected chi connectivity index (χ1v) is 8.82. The lowest BCUT2D eigenvalue weighted by Crippen LogP contribution is -2.10. The summed E-state index contributed by atoms with van der Waals surface area (Å²) < 4.78 is 90.7. The molecular weight excluding hydrogens is 348 g/mol. The number of imidazole rings is 1. The van der Waals surface area contributed by atoms with E-state index >= 15 is 0 Å². The van der Waals surface area contributed by atoms with Crippen LogP contribution in [0.1, 0.15) is 22.2 Å². The molecule has 0 fully saturated rings. The highest BCUT2D eigenvalue weighted by Crippen LogP contribution is 2.24. The third-order valence-corrected chi connectivity index (χ3v) is 4.87. The topological polar surface area (TPSA) is 78.8 Å². The zero-order valence-corrected chi connectivity index (χ0v) is 14.3. The molecule has 1 aromatic carbocycles. The average Bonchev–Trinajstić information content (AvgIpc) is 3.41. The van der Waals surface area contributed by atoms with E-state index < -0.39 is 36.2 Å². The minimum Gasteiger partial charge on any atom is -0.609 e. The lowest BCUT2D eigenvalue weighted by molar-refractivity contribution is 0.410. The Balaban J connectivity index is 1.79. The van der Waals surface area contributed by atoms with Crippen LogP contribution < -0.4 is 4.74 Å². The molecule has 0 amide bonds. The van der Waals surface area contributed by atoms with Crippen LogP contribution >= 0.6 is 0 Å². The minimum atomic E-state index is -2.87. The van der Waals surface area contributed by atoms with Gasteiger partial charge < -0.3 is 13.9 Å². The molecule has 3 aromatic heterocycles. The van der Waals surface area contributed by atoms with Gasteiger partial charge in [-0.25, -0.2) is 0 Å². The van der Waals surface area contributed by atoms with E-state index in [2.05, 4.69) is 9.97 Å². The number of H-pyrrole nitrogens is 1. The number of ether oxygens (including phenoxy) is 1. The van der Waals surface area contributed by atoms with Crippen LogP contribution in [0.4, 0.5) is 0 Å². The Labute approximate surface area is 166 Å². The van der Waals surface area contributed by atoms with Crippen molar-refractivity contribution in [3.63, 3.8) is 0 Å². The Morgan fingerprint density at radius 3 is 3.04 bits per heavy atom. The summed E-state index contributed by atoms with van der Waals surface area (Å²) in [5.41, 5.74) is -0.0162. The number of pyridine rings is 1. The smallest absolute Gasteiger partial charge is 0.322 e. The molecule has 4 aromatic rings. The maximum atomic E-state index is 13.2.